The summed E-state index contributed by atoms with van der Waals surface area (Å²) in [7, 11) is 2.04. The van der Waals surface area contributed by atoms with Gasteiger partial charge in [0.2, 0.25) is 0 Å². The van der Waals surface area contributed by atoms with Gasteiger partial charge in [-0.3, -0.25) is 0 Å². The topological polar surface area (TPSA) is 24.1 Å². The van der Waals surface area contributed by atoms with Crippen LogP contribution in [-0.4, -0.2) is 26.7 Å². The van der Waals surface area contributed by atoms with Crippen molar-refractivity contribution < 1.29 is 0 Å². The minimum absolute atomic E-state index is 0.994. The third-order valence-corrected chi connectivity index (χ3v) is 2.73. The first-order valence-electron chi connectivity index (χ1n) is 5.29. The molecule has 1 atom stereocenters. The van der Waals surface area contributed by atoms with Crippen molar-refractivity contribution in [2.75, 3.05) is 26.7 Å². The molecule has 72 valence electrons. The first kappa shape index (κ1) is 10.0. The molecule has 1 fully saturated rings. The lowest BCUT2D eigenvalue weighted by Gasteiger charge is -2.12. The highest BCUT2D eigenvalue weighted by atomic mass is 14.8. The maximum Gasteiger partial charge on any atom is -0.00463 e. The predicted octanol–water partition coefficient (Wildman–Crippen LogP) is 1.38. The molecular formula is C10H22N2. The van der Waals surface area contributed by atoms with E-state index in [0.717, 1.165) is 5.92 Å². The maximum atomic E-state index is 3.45. The molecule has 12 heavy (non-hydrogen) atoms. The molecule has 0 aromatic heterocycles. The van der Waals surface area contributed by atoms with Crippen molar-refractivity contribution in [2.45, 2.75) is 32.1 Å². The predicted molar refractivity (Wildman–Crippen MR) is 53.4 cm³/mol. The van der Waals surface area contributed by atoms with Crippen molar-refractivity contribution in [1.82, 2.24) is 10.6 Å². The molecule has 0 radical (unpaired) electrons. The number of hydrogen-bond donors (Lipinski definition) is 2. The van der Waals surface area contributed by atoms with Gasteiger partial charge in [0.15, 0.2) is 0 Å². The zero-order valence-corrected chi connectivity index (χ0v) is 8.23. The van der Waals surface area contributed by atoms with Gasteiger partial charge in [-0.1, -0.05) is 0 Å². The van der Waals surface area contributed by atoms with Crippen LogP contribution in [0.15, 0.2) is 0 Å². The zero-order valence-electron chi connectivity index (χ0n) is 8.23. The largest absolute Gasteiger partial charge is 0.320 e. The maximum absolute atomic E-state index is 3.45. The summed E-state index contributed by atoms with van der Waals surface area (Å²) in [6.07, 6.45) is 6.98. The molecule has 2 heteroatoms. The fourth-order valence-corrected chi connectivity index (χ4v) is 1.95. The Morgan fingerprint density at radius 1 is 1.33 bits per heavy atom. The summed E-state index contributed by atoms with van der Waals surface area (Å²) in [5.74, 6) is 0.994. The van der Waals surface area contributed by atoms with Crippen LogP contribution in [0, 0.1) is 5.92 Å². The average Bonchev–Trinajstić information content (AvgIpc) is 2.33. The fraction of sp³-hybridized carbons (Fsp3) is 1.00. The summed E-state index contributed by atoms with van der Waals surface area (Å²) < 4.78 is 0. The summed E-state index contributed by atoms with van der Waals surface area (Å²) >= 11 is 0. The van der Waals surface area contributed by atoms with Crippen LogP contribution in [0.1, 0.15) is 32.1 Å². The standard InChI is InChI=1S/C10H22N2/c1-11-7-2-4-10-5-3-8-12-9-6-10/h10-12H,2-9H2,1H3. The molecule has 0 spiro atoms. The van der Waals surface area contributed by atoms with E-state index in [-0.39, 0.29) is 0 Å². The average molecular weight is 170 g/mol. The van der Waals surface area contributed by atoms with E-state index in [0.29, 0.717) is 0 Å². The summed E-state index contributed by atoms with van der Waals surface area (Å²) in [5, 5.41) is 6.66. The van der Waals surface area contributed by atoms with Gasteiger partial charge in [-0.25, -0.2) is 0 Å². The molecule has 1 unspecified atom stereocenters. The van der Waals surface area contributed by atoms with Crippen molar-refractivity contribution in [3.8, 4) is 0 Å². The highest BCUT2D eigenvalue weighted by Gasteiger charge is 2.10. The first-order chi connectivity index (χ1) is 5.93. The van der Waals surface area contributed by atoms with Crippen LogP contribution >= 0.6 is 0 Å². The Morgan fingerprint density at radius 2 is 2.25 bits per heavy atom. The molecule has 2 N–H and O–H groups in total. The van der Waals surface area contributed by atoms with Crippen LogP contribution in [0.25, 0.3) is 0 Å². The van der Waals surface area contributed by atoms with E-state index < -0.39 is 0 Å². The van der Waals surface area contributed by atoms with E-state index in [1.807, 2.05) is 7.05 Å². The van der Waals surface area contributed by atoms with Gasteiger partial charge in [-0.2, -0.15) is 0 Å². The molecule has 2 nitrogen and oxygen atoms in total. The minimum atomic E-state index is 0.994. The van der Waals surface area contributed by atoms with Crippen LogP contribution in [0.2, 0.25) is 0 Å². The molecule has 0 amide bonds. The van der Waals surface area contributed by atoms with Crippen LogP contribution < -0.4 is 10.6 Å². The number of rotatable bonds is 4. The Bertz CT molecular complexity index is 96.0. The quantitative estimate of drug-likeness (QED) is 0.623. The van der Waals surface area contributed by atoms with Gasteiger partial charge >= 0.3 is 0 Å². The lowest BCUT2D eigenvalue weighted by atomic mass is 9.95. The molecule has 0 bridgehead atoms. The highest BCUT2D eigenvalue weighted by Crippen LogP contribution is 2.18. The normalized spacial score (nSPS) is 25.2. The van der Waals surface area contributed by atoms with Crippen molar-refractivity contribution >= 4 is 0 Å². The molecule has 0 aliphatic carbocycles. The summed E-state index contributed by atoms with van der Waals surface area (Å²) in [4.78, 5) is 0. The van der Waals surface area contributed by atoms with E-state index in [2.05, 4.69) is 10.6 Å². The molecule has 1 saturated heterocycles. The van der Waals surface area contributed by atoms with Gasteiger partial charge in [-0.15, -0.1) is 0 Å². The van der Waals surface area contributed by atoms with Gasteiger partial charge in [-0.05, 0) is 64.7 Å². The van der Waals surface area contributed by atoms with Gasteiger partial charge in [0.05, 0.1) is 0 Å². The molecule has 1 aliphatic heterocycles. The van der Waals surface area contributed by atoms with Crippen LogP contribution in [-0.2, 0) is 0 Å². The van der Waals surface area contributed by atoms with Crippen LogP contribution in [0.4, 0.5) is 0 Å². The Labute approximate surface area is 76.1 Å². The van der Waals surface area contributed by atoms with Gasteiger partial charge in [0, 0.05) is 0 Å². The van der Waals surface area contributed by atoms with Crippen LogP contribution in [0.5, 0.6) is 0 Å². The summed E-state index contributed by atoms with van der Waals surface area (Å²) in [6, 6.07) is 0. The van der Waals surface area contributed by atoms with E-state index >= 15 is 0 Å². The van der Waals surface area contributed by atoms with Gasteiger partial charge < -0.3 is 10.6 Å². The van der Waals surface area contributed by atoms with E-state index in [1.165, 1.54) is 51.7 Å². The van der Waals surface area contributed by atoms with Crippen LogP contribution in [0.3, 0.4) is 0 Å². The molecule has 0 aromatic carbocycles. The third kappa shape index (κ3) is 4.07. The van der Waals surface area contributed by atoms with Crippen molar-refractivity contribution in [2.24, 2.45) is 5.92 Å². The fourth-order valence-electron chi connectivity index (χ4n) is 1.95. The lowest BCUT2D eigenvalue weighted by Crippen LogP contribution is -2.14. The second kappa shape index (κ2) is 6.44. The van der Waals surface area contributed by atoms with Gasteiger partial charge in [0.25, 0.3) is 0 Å². The third-order valence-electron chi connectivity index (χ3n) is 2.73. The molecule has 0 saturated carbocycles. The monoisotopic (exact) mass is 170 g/mol. The van der Waals surface area contributed by atoms with Crippen molar-refractivity contribution in [1.29, 1.82) is 0 Å². The second-order valence-electron chi connectivity index (χ2n) is 3.79. The zero-order chi connectivity index (χ0) is 8.65. The SMILES string of the molecule is CNCCCC1CCCNCC1. The Hall–Kier alpha value is -0.0800. The Balaban J connectivity index is 2.04. The molecule has 1 heterocycles. The summed E-state index contributed by atoms with van der Waals surface area (Å²) in [6.45, 7) is 3.66. The van der Waals surface area contributed by atoms with Crippen molar-refractivity contribution in [3.63, 3.8) is 0 Å². The van der Waals surface area contributed by atoms with Gasteiger partial charge in [0.1, 0.15) is 0 Å². The Kier molecular flexibility index (Phi) is 5.37. The van der Waals surface area contributed by atoms with E-state index in [9.17, 15) is 0 Å². The number of hydrogen-bond acceptors (Lipinski definition) is 2. The van der Waals surface area contributed by atoms with Crippen molar-refractivity contribution in [3.05, 3.63) is 0 Å². The Morgan fingerprint density at radius 3 is 3.08 bits per heavy atom. The first-order valence-corrected chi connectivity index (χ1v) is 5.29. The second-order valence-corrected chi connectivity index (χ2v) is 3.79. The summed E-state index contributed by atoms with van der Waals surface area (Å²) in [5.41, 5.74) is 0. The lowest BCUT2D eigenvalue weighted by molar-refractivity contribution is 0.422. The molecule has 0 aromatic rings. The smallest absolute Gasteiger partial charge is 0.00463 e. The van der Waals surface area contributed by atoms with E-state index in [1.54, 1.807) is 0 Å². The minimum Gasteiger partial charge on any atom is -0.320 e. The molecule has 1 rings (SSSR count). The van der Waals surface area contributed by atoms with E-state index in [4.69, 9.17) is 0 Å². The molecule has 1 aliphatic rings. The number of nitrogens with one attached hydrogen (secondary N) is 2. The molecular weight excluding hydrogens is 148 g/mol. The highest BCUT2D eigenvalue weighted by molar-refractivity contribution is 4.66.